The van der Waals surface area contributed by atoms with Crippen LogP contribution in [0.25, 0.3) is 0 Å². The fourth-order valence-electron chi connectivity index (χ4n) is 3.20. The lowest BCUT2D eigenvalue weighted by Crippen LogP contribution is -2.12. The molecule has 1 aliphatic rings. The minimum atomic E-state index is -0.0292. The van der Waals surface area contributed by atoms with Crippen LogP contribution in [0, 0.1) is 0 Å². The van der Waals surface area contributed by atoms with Gasteiger partial charge in [-0.05, 0) is 53.4 Å². The van der Waals surface area contributed by atoms with Crippen LogP contribution >= 0.6 is 0 Å². The highest BCUT2D eigenvalue weighted by molar-refractivity contribution is 5.48. The summed E-state index contributed by atoms with van der Waals surface area (Å²) in [7, 11) is 0. The molecular weight excluding hydrogens is 248 g/mol. The minimum Gasteiger partial charge on any atom is -0.508 e. The molecule has 1 atom stereocenters. The molecule has 2 aromatic rings. The molecule has 106 valence electrons. The number of aromatic amines is 1. The average Bonchev–Trinajstić information content (AvgIpc) is 2.98. The van der Waals surface area contributed by atoms with Crippen molar-refractivity contribution in [1.82, 2.24) is 9.97 Å². The maximum absolute atomic E-state index is 10.2. The van der Waals surface area contributed by atoms with E-state index in [9.17, 15) is 5.11 Å². The van der Waals surface area contributed by atoms with E-state index in [4.69, 9.17) is 0 Å². The Balaban J connectivity index is 1.96. The van der Waals surface area contributed by atoms with Crippen LogP contribution in [0.2, 0.25) is 0 Å². The summed E-state index contributed by atoms with van der Waals surface area (Å²) in [5.74, 6) is 0.965. The Morgan fingerprint density at radius 1 is 1.35 bits per heavy atom. The number of phenols is 1. The molecule has 1 heterocycles. The van der Waals surface area contributed by atoms with Crippen molar-refractivity contribution in [3.8, 4) is 5.75 Å². The van der Waals surface area contributed by atoms with Crippen molar-refractivity contribution in [1.29, 1.82) is 0 Å². The number of nitrogens with zero attached hydrogens (tertiary/aromatic N) is 1. The van der Waals surface area contributed by atoms with E-state index in [0.29, 0.717) is 11.7 Å². The number of hydrogen-bond donors (Lipinski definition) is 2. The topological polar surface area (TPSA) is 48.9 Å². The predicted octanol–water partition coefficient (Wildman–Crippen LogP) is 3.69. The molecule has 0 saturated carbocycles. The number of fused-ring (bicyclic) bond motifs is 1. The molecule has 3 rings (SSSR count). The van der Waals surface area contributed by atoms with Gasteiger partial charge in [0.25, 0.3) is 0 Å². The maximum Gasteiger partial charge on any atom is 0.119 e. The van der Waals surface area contributed by atoms with Crippen LogP contribution in [0.1, 0.15) is 55.5 Å². The molecule has 3 heteroatoms. The summed E-state index contributed by atoms with van der Waals surface area (Å²) in [6.45, 7) is 6.43. The summed E-state index contributed by atoms with van der Waals surface area (Å²) < 4.78 is 0. The largest absolute Gasteiger partial charge is 0.508 e. The van der Waals surface area contributed by atoms with Crippen molar-refractivity contribution in [2.75, 3.05) is 0 Å². The fraction of sp³-hybridized carbons (Fsp3) is 0.471. The third-order valence-electron chi connectivity index (χ3n) is 4.28. The summed E-state index contributed by atoms with van der Waals surface area (Å²) in [5.41, 5.74) is 4.84. The highest BCUT2D eigenvalue weighted by Gasteiger charge is 2.27. The van der Waals surface area contributed by atoms with Crippen molar-refractivity contribution in [2.45, 2.75) is 51.4 Å². The third kappa shape index (κ3) is 2.33. The highest BCUT2D eigenvalue weighted by atomic mass is 16.3. The van der Waals surface area contributed by atoms with E-state index in [0.717, 1.165) is 30.5 Å². The molecule has 0 amide bonds. The van der Waals surface area contributed by atoms with Crippen molar-refractivity contribution in [3.63, 3.8) is 0 Å². The SMILES string of the molecule is CC(C)(C)c1cc2c(cc1O)CCC2Cc1c[nH]cn1. The predicted molar refractivity (Wildman–Crippen MR) is 80.2 cm³/mol. The average molecular weight is 270 g/mol. The molecular formula is C17H22N2O. The highest BCUT2D eigenvalue weighted by Crippen LogP contribution is 2.41. The number of aromatic hydroxyl groups is 1. The van der Waals surface area contributed by atoms with Crippen LogP contribution in [0.15, 0.2) is 24.7 Å². The standard InChI is InChI=1S/C17H22N2O/c1-17(2,3)15-8-14-11(6-13-9-18-10-19-13)4-5-12(14)7-16(15)20/h7-11,20H,4-6H2,1-3H3,(H,18,19). The summed E-state index contributed by atoms with van der Waals surface area (Å²) in [6.07, 6.45) is 6.90. The molecule has 3 nitrogen and oxygen atoms in total. The van der Waals surface area contributed by atoms with Crippen molar-refractivity contribution in [2.24, 2.45) is 0 Å². The molecule has 1 aromatic heterocycles. The van der Waals surface area contributed by atoms with Crippen LogP contribution in [-0.2, 0) is 18.3 Å². The zero-order valence-corrected chi connectivity index (χ0v) is 12.4. The Morgan fingerprint density at radius 3 is 2.80 bits per heavy atom. The molecule has 20 heavy (non-hydrogen) atoms. The lowest BCUT2D eigenvalue weighted by Gasteiger charge is -2.22. The third-order valence-corrected chi connectivity index (χ3v) is 4.28. The zero-order valence-electron chi connectivity index (χ0n) is 12.4. The van der Waals surface area contributed by atoms with Gasteiger partial charge in [0, 0.05) is 6.20 Å². The Kier molecular flexibility index (Phi) is 3.08. The van der Waals surface area contributed by atoms with Gasteiger partial charge in [0.2, 0.25) is 0 Å². The smallest absolute Gasteiger partial charge is 0.119 e. The van der Waals surface area contributed by atoms with Gasteiger partial charge in [-0.3, -0.25) is 0 Å². The molecule has 1 aromatic carbocycles. The first-order valence-corrected chi connectivity index (χ1v) is 7.29. The number of benzene rings is 1. The van der Waals surface area contributed by atoms with Gasteiger partial charge in [0.15, 0.2) is 0 Å². The molecule has 1 unspecified atom stereocenters. The molecule has 2 N–H and O–H groups in total. The van der Waals surface area contributed by atoms with E-state index < -0.39 is 0 Å². The van der Waals surface area contributed by atoms with Crippen molar-refractivity contribution >= 4 is 0 Å². The van der Waals surface area contributed by atoms with Crippen LogP contribution in [0.4, 0.5) is 0 Å². The van der Waals surface area contributed by atoms with Crippen molar-refractivity contribution in [3.05, 3.63) is 47.0 Å². The Bertz CT molecular complexity index is 609. The van der Waals surface area contributed by atoms with Crippen LogP contribution in [0.5, 0.6) is 5.75 Å². The zero-order chi connectivity index (χ0) is 14.3. The number of rotatable bonds is 2. The summed E-state index contributed by atoms with van der Waals surface area (Å²) in [6, 6.07) is 4.19. The number of imidazole rings is 1. The van der Waals surface area contributed by atoms with E-state index in [1.54, 1.807) is 6.33 Å². The minimum absolute atomic E-state index is 0.0292. The van der Waals surface area contributed by atoms with E-state index in [-0.39, 0.29) is 5.41 Å². The van der Waals surface area contributed by atoms with Gasteiger partial charge in [-0.15, -0.1) is 0 Å². The number of phenolic OH excluding ortho intramolecular Hbond substituents is 1. The normalized spacial score (nSPS) is 18.2. The lowest BCUT2D eigenvalue weighted by molar-refractivity contribution is 0.446. The molecule has 0 aliphatic heterocycles. The molecule has 0 saturated heterocycles. The summed E-state index contributed by atoms with van der Waals surface area (Å²) in [4.78, 5) is 7.36. The van der Waals surface area contributed by atoms with Gasteiger partial charge < -0.3 is 10.1 Å². The molecule has 0 radical (unpaired) electrons. The molecule has 0 fully saturated rings. The van der Waals surface area contributed by atoms with E-state index in [1.807, 2.05) is 12.3 Å². The number of aryl methyl sites for hydroxylation is 1. The fourth-order valence-corrected chi connectivity index (χ4v) is 3.20. The Labute approximate surface area is 120 Å². The quantitative estimate of drug-likeness (QED) is 0.874. The lowest BCUT2D eigenvalue weighted by atomic mass is 9.83. The van der Waals surface area contributed by atoms with Gasteiger partial charge in [-0.2, -0.15) is 0 Å². The maximum atomic E-state index is 10.2. The van der Waals surface area contributed by atoms with Gasteiger partial charge in [-0.25, -0.2) is 4.98 Å². The first-order chi connectivity index (χ1) is 9.45. The number of hydrogen-bond acceptors (Lipinski definition) is 2. The molecule has 0 bridgehead atoms. The van der Waals surface area contributed by atoms with Crippen LogP contribution < -0.4 is 0 Å². The second-order valence-electron chi connectivity index (χ2n) is 6.82. The van der Waals surface area contributed by atoms with Crippen LogP contribution in [-0.4, -0.2) is 15.1 Å². The first kappa shape index (κ1) is 13.2. The Hall–Kier alpha value is -1.77. The second-order valence-corrected chi connectivity index (χ2v) is 6.82. The first-order valence-electron chi connectivity index (χ1n) is 7.29. The summed E-state index contributed by atoms with van der Waals surface area (Å²) in [5, 5.41) is 10.2. The molecule has 0 spiro atoms. The van der Waals surface area contributed by atoms with Gasteiger partial charge in [0.05, 0.1) is 12.0 Å². The number of aromatic nitrogens is 2. The molecule has 1 aliphatic carbocycles. The van der Waals surface area contributed by atoms with Gasteiger partial charge in [-0.1, -0.05) is 26.8 Å². The second kappa shape index (κ2) is 4.65. The van der Waals surface area contributed by atoms with E-state index in [2.05, 4.69) is 36.8 Å². The van der Waals surface area contributed by atoms with Gasteiger partial charge >= 0.3 is 0 Å². The van der Waals surface area contributed by atoms with Gasteiger partial charge in [0.1, 0.15) is 5.75 Å². The monoisotopic (exact) mass is 270 g/mol. The van der Waals surface area contributed by atoms with Crippen LogP contribution in [0.3, 0.4) is 0 Å². The van der Waals surface area contributed by atoms with Crippen molar-refractivity contribution < 1.29 is 5.11 Å². The Morgan fingerprint density at radius 2 is 2.15 bits per heavy atom. The number of H-pyrrole nitrogens is 1. The summed E-state index contributed by atoms with van der Waals surface area (Å²) >= 11 is 0. The van der Waals surface area contributed by atoms with E-state index in [1.165, 1.54) is 11.1 Å². The number of nitrogens with one attached hydrogen (secondary N) is 1. The van der Waals surface area contributed by atoms with E-state index >= 15 is 0 Å².